The Morgan fingerprint density at radius 1 is 1.00 bits per heavy atom. The smallest absolute Gasteiger partial charge is 0.213 e. The van der Waals surface area contributed by atoms with Crippen LogP contribution in [0.4, 0.5) is 0 Å². The molecule has 1 heterocycles. The topological polar surface area (TPSA) is 22.1 Å². The molecule has 0 atom stereocenters. The van der Waals surface area contributed by atoms with E-state index in [1.807, 2.05) is 48.5 Å². The molecule has 0 spiro atoms. The highest BCUT2D eigenvalue weighted by atomic mass is 35.5. The summed E-state index contributed by atoms with van der Waals surface area (Å²) in [5.41, 5.74) is 1.95. The van der Waals surface area contributed by atoms with Gasteiger partial charge in [-0.3, -0.25) is 0 Å². The van der Waals surface area contributed by atoms with E-state index >= 15 is 0 Å². The van der Waals surface area contributed by atoms with Gasteiger partial charge in [-0.05, 0) is 11.6 Å². The summed E-state index contributed by atoms with van der Waals surface area (Å²) in [6, 6.07) is 15.6. The zero-order valence-electron chi connectivity index (χ0n) is 8.77. The van der Waals surface area contributed by atoms with Crippen LogP contribution in [0.1, 0.15) is 11.3 Å². The number of rotatable bonds is 4. The van der Waals surface area contributed by atoms with Crippen LogP contribution in [0.15, 0.2) is 48.5 Å². The molecule has 0 aliphatic heterocycles. The predicted octanol–water partition coefficient (Wildman–Crippen LogP) is 3.40. The van der Waals surface area contributed by atoms with Crippen molar-refractivity contribution in [3.63, 3.8) is 0 Å². The largest absolute Gasteiger partial charge is 0.473 e. The standard InChI is InChI=1S/C13H12ClNO/c14-9-12-7-4-8-13(15-12)16-10-11-5-2-1-3-6-11/h1-8H,9-10H2. The molecule has 0 fully saturated rings. The van der Waals surface area contributed by atoms with Gasteiger partial charge in [-0.15, -0.1) is 11.6 Å². The van der Waals surface area contributed by atoms with Gasteiger partial charge in [0.25, 0.3) is 0 Å². The molecule has 0 aliphatic carbocycles. The van der Waals surface area contributed by atoms with E-state index in [0.29, 0.717) is 18.4 Å². The molecule has 16 heavy (non-hydrogen) atoms. The minimum absolute atomic E-state index is 0.405. The van der Waals surface area contributed by atoms with Gasteiger partial charge in [0.05, 0.1) is 11.6 Å². The van der Waals surface area contributed by atoms with Crippen LogP contribution < -0.4 is 4.74 Å². The summed E-state index contributed by atoms with van der Waals surface area (Å²) in [7, 11) is 0. The molecular weight excluding hydrogens is 222 g/mol. The van der Waals surface area contributed by atoms with Crippen molar-refractivity contribution in [1.82, 2.24) is 4.98 Å². The van der Waals surface area contributed by atoms with Gasteiger partial charge < -0.3 is 4.74 Å². The number of halogens is 1. The van der Waals surface area contributed by atoms with Crippen molar-refractivity contribution < 1.29 is 4.74 Å². The number of ether oxygens (including phenoxy) is 1. The van der Waals surface area contributed by atoms with Gasteiger partial charge in [-0.2, -0.15) is 0 Å². The summed E-state index contributed by atoms with van der Waals surface area (Å²) in [4.78, 5) is 4.25. The van der Waals surface area contributed by atoms with Crippen LogP contribution in [-0.2, 0) is 12.5 Å². The Labute approximate surface area is 99.9 Å². The highest BCUT2D eigenvalue weighted by molar-refractivity contribution is 6.16. The molecule has 0 N–H and O–H groups in total. The van der Waals surface area contributed by atoms with E-state index in [9.17, 15) is 0 Å². The third-order valence-corrected chi connectivity index (χ3v) is 2.42. The maximum absolute atomic E-state index is 5.70. The maximum atomic E-state index is 5.70. The van der Waals surface area contributed by atoms with E-state index in [1.54, 1.807) is 0 Å². The number of aromatic nitrogens is 1. The number of alkyl halides is 1. The Balaban J connectivity index is 1.99. The Morgan fingerprint density at radius 2 is 1.81 bits per heavy atom. The third-order valence-electron chi connectivity index (χ3n) is 2.15. The Kier molecular flexibility index (Phi) is 3.78. The SMILES string of the molecule is ClCc1cccc(OCc2ccccc2)n1. The molecule has 0 amide bonds. The molecule has 0 radical (unpaired) electrons. The summed E-state index contributed by atoms with van der Waals surface area (Å²) in [5.74, 6) is 1.02. The van der Waals surface area contributed by atoms with E-state index in [1.165, 1.54) is 0 Å². The molecule has 2 rings (SSSR count). The minimum Gasteiger partial charge on any atom is -0.473 e. The fourth-order valence-corrected chi connectivity index (χ4v) is 1.49. The highest BCUT2D eigenvalue weighted by Gasteiger charge is 1.98. The monoisotopic (exact) mass is 233 g/mol. The molecule has 0 unspecified atom stereocenters. The van der Waals surface area contributed by atoms with Crippen molar-refractivity contribution in [2.45, 2.75) is 12.5 Å². The van der Waals surface area contributed by atoms with Crippen molar-refractivity contribution in [2.24, 2.45) is 0 Å². The lowest BCUT2D eigenvalue weighted by molar-refractivity contribution is 0.293. The number of pyridine rings is 1. The lowest BCUT2D eigenvalue weighted by atomic mass is 10.2. The van der Waals surface area contributed by atoms with Crippen molar-refractivity contribution >= 4 is 11.6 Å². The van der Waals surface area contributed by atoms with Crippen molar-refractivity contribution in [3.8, 4) is 5.88 Å². The summed E-state index contributed by atoms with van der Waals surface area (Å²) in [5, 5.41) is 0. The second-order valence-corrected chi connectivity index (χ2v) is 3.64. The Hall–Kier alpha value is -1.54. The average Bonchev–Trinajstić information content (AvgIpc) is 2.38. The zero-order valence-corrected chi connectivity index (χ0v) is 9.52. The number of nitrogens with zero attached hydrogens (tertiary/aromatic N) is 1. The van der Waals surface area contributed by atoms with E-state index in [0.717, 1.165) is 11.3 Å². The first-order chi connectivity index (χ1) is 7.88. The quantitative estimate of drug-likeness (QED) is 0.756. The van der Waals surface area contributed by atoms with Crippen LogP contribution in [0.5, 0.6) is 5.88 Å². The van der Waals surface area contributed by atoms with Gasteiger partial charge in [0.1, 0.15) is 6.61 Å². The van der Waals surface area contributed by atoms with E-state index in [4.69, 9.17) is 16.3 Å². The molecule has 0 bridgehead atoms. The molecule has 0 saturated carbocycles. The van der Waals surface area contributed by atoms with Crippen molar-refractivity contribution in [3.05, 3.63) is 59.8 Å². The summed E-state index contributed by atoms with van der Waals surface area (Å²) in [6.07, 6.45) is 0. The Bertz CT molecular complexity index is 445. The number of benzene rings is 1. The molecule has 3 heteroatoms. The zero-order chi connectivity index (χ0) is 11.2. The second-order valence-electron chi connectivity index (χ2n) is 3.38. The summed E-state index contributed by atoms with van der Waals surface area (Å²) in [6.45, 7) is 0.527. The van der Waals surface area contributed by atoms with Gasteiger partial charge in [-0.1, -0.05) is 36.4 Å². The second kappa shape index (κ2) is 5.52. The van der Waals surface area contributed by atoms with E-state index in [-0.39, 0.29) is 0 Å². The first-order valence-corrected chi connectivity index (χ1v) is 5.60. The molecule has 2 aromatic rings. The van der Waals surface area contributed by atoms with Crippen LogP contribution in [0.2, 0.25) is 0 Å². The van der Waals surface area contributed by atoms with Crippen molar-refractivity contribution in [1.29, 1.82) is 0 Å². The molecule has 1 aromatic carbocycles. The van der Waals surface area contributed by atoms with Crippen LogP contribution in [0.3, 0.4) is 0 Å². The maximum Gasteiger partial charge on any atom is 0.213 e. The normalized spacial score (nSPS) is 10.1. The summed E-state index contributed by atoms with van der Waals surface area (Å²) < 4.78 is 5.56. The molecule has 0 saturated heterocycles. The number of hydrogen-bond donors (Lipinski definition) is 0. The fourth-order valence-electron chi connectivity index (χ4n) is 1.34. The minimum atomic E-state index is 0.405. The lowest BCUT2D eigenvalue weighted by Gasteiger charge is -2.05. The van der Waals surface area contributed by atoms with E-state index < -0.39 is 0 Å². The predicted molar refractivity (Wildman–Crippen MR) is 64.6 cm³/mol. The average molecular weight is 234 g/mol. The van der Waals surface area contributed by atoms with Gasteiger partial charge in [0.15, 0.2) is 0 Å². The van der Waals surface area contributed by atoms with E-state index in [2.05, 4.69) is 4.98 Å². The van der Waals surface area contributed by atoms with Gasteiger partial charge in [0.2, 0.25) is 5.88 Å². The van der Waals surface area contributed by atoms with Gasteiger partial charge >= 0.3 is 0 Å². The first kappa shape index (κ1) is 11.0. The molecule has 0 aliphatic rings. The molecule has 1 aromatic heterocycles. The lowest BCUT2D eigenvalue weighted by Crippen LogP contribution is -1.98. The molecule has 82 valence electrons. The van der Waals surface area contributed by atoms with Crippen LogP contribution in [-0.4, -0.2) is 4.98 Å². The number of hydrogen-bond acceptors (Lipinski definition) is 2. The Morgan fingerprint density at radius 3 is 2.56 bits per heavy atom. The first-order valence-electron chi connectivity index (χ1n) is 5.07. The summed E-state index contributed by atoms with van der Waals surface area (Å²) >= 11 is 5.70. The molecular formula is C13H12ClNO. The van der Waals surface area contributed by atoms with Gasteiger partial charge in [-0.25, -0.2) is 4.98 Å². The van der Waals surface area contributed by atoms with Crippen LogP contribution >= 0.6 is 11.6 Å². The van der Waals surface area contributed by atoms with Crippen LogP contribution in [0, 0.1) is 0 Å². The van der Waals surface area contributed by atoms with Crippen LogP contribution in [0.25, 0.3) is 0 Å². The molecule has 2 nitrogen and oxygen atoms in total. The highest BCUT2D eigenvalue weighted by Crippen LogP contribution is 2.11. The third kappa shape index (κ3) is 2.97. The van der Waals surface area contributed by atoms with Gasteiger partial charge in [0, 0.05) is 6.07 Å². The van der Waals surface area contributed by atoms with Crippen molar-refractivity contribution in [2.75, 3.05) is 0 Å². The fraction of sp³-hybridized carbons (Fsp3) is 0.154.